The Bertz CT molecular complexity index is 1150. The number of benzene rings is 1. The predicted octanol–water partition coefficient (Wildman–Crippen LogP) is 1.74. The van der Waals surface area contributed by atoms with Gasteiger partial charge in [0, 0.05) is 44.2 Å². The van der Waals surface area contributed by atoms with Crippen molar-refractivity contribution in [2.24, 2.45) is 7.05 Å². The van der Waals surface area contributed by atoms with E-state index in [1.807, 2.05) is 29.8 Å². The van der Waals surface area contributed by atoms with Crippen LogP contribution in [0.5, 0.6) is 0 Å². The van der Waals surface area contributed by atoms with Gasteiger partial charge in [-0.05, 0) is 30.3 Å². The van der Waals surface area contributed by atoms with Gasteiger partial charge < -0.3 is 19.9 Å². The van der Waals surface area contributed by atoms with E-state index in [9.17, 15) is 4.79 Å². The Labute approximate surface area is 172 Å². The number of H-pyrrole nitrogens is 1. The second-order valence-electron chi connectivity index (χ2n) is 6.64. The van der Waals surface area contributed by atoms with Gasteiger partial charge in [-0.2, -0.15) is 5.10 Å². The zero-order chi connectivity index (χ0) is 20.9. The number of methoxy groups -OCH3 is 1. The molecule has 3 heterocycles. The van der Waals surface area contributed by atoms with Gasteiger partial charge in [0.05, 0.1) is 24.2 Å². The predicted molar refractivity (Wildman–Crippen MR) is 112 cm³/mol. The van der Waals surface area contributed by atoms with Gasteiger partial charge in [0.1, 0.15) is 5.82 Å². The average molecular weight is 406 g/mol. The van der Waals surface area contributed by atoms with Crippen LogP contribution >= 0.6 is 0 Å². The molecule has 0 spiro atoms. The minimum absolute atomic E-state index is 0.210. The molecule has 0 bridgehead atoms. The molecular weight excluding hydrogens is 384 g/mol. The number of hydrogen-bond acceptors (Lipinski definition) is 7. The van der Waals surface area contributed by atoms with Crippen molar-refractivity contribution in [3.8, 4) is 11.4 Å². The van der Waals surface area contributed by atoms with Crippen LogP contribution < -0.4 is 10.6 Å². The normalized spacial score (nSPS) is 11.0. The lowest BCUT2D eigenvalue weighted by atomic mass is 10.2. The number of amides is 1. The zero-order valence-corrected chi connectivity index (χ0v) is 16.7. The van der Waals surface area contributed by atoms with Crippen molar-refractivity contribution in [1.82, 2.24) is 35.0 Å². The zero-order valence-electron chi connectivity index (χ0n) is 16.7. The van der Waals surface area contributed by atoms with E-state index in [-0.39, 0.29) is 12.5 Å². The van der Waals surface area contributed by atoms with Crippen molar-refractivity contribution >= 4 is 22.9 Å². The van der Waals surface area contributed by atoms with Crippen molar-refractivity contribution in [3.63, 3.8) is 0 Å². The van der Waals surface area contributed by atoms with Crippen LogP contribution in [-0.2, 0) is 18.3 Å². The van der Waals surface area contributed by atoms with E-state index in [2.05, 4.69) is 35.8 Å². The molecule has 1 amide bonds. The fraction of sp³-hybridized carbons (Fsp3) is 0.250. The summed E-state index contributed by atoms with van der Waals surface area (Å²) >= 11 is 0. The topological polar surface area (TPSA) is 123 Å². The Kier molecular flexibility index (Phi) is 5.66. The van der Waals surface area contributed by atoms with Crippen molar-refractivity contribution in [2.45, 2.75) is 6.54 Å². The fourth-order valence-electron chi connectivity index (χ4n) is 3.03. The molecule has 0 fully saturated rings. The highest BCUT2D eigenvalue weighted by Gasteiger charge is 2.13. The second-order valence-corrected chi connectivity index (χ2v) is 6.64. The van der Waals surface area contributed by atoms with Gasteiger partial charge in [-0.15, -0.1) is 0 Å². The van der Waals surface area contributed by atoms with E-state index in [0.717, 1.165) is 22.5 Å². The summed E-state index contributed by atoms with van der Waals surface area (Å²) < 4.78 is 7.00. The molecule has 10 heteroatoms. The maximum atomic E-state index is 12.6. The molecule has 0 radical (unpaired) electrons. The number of aryl methyl sites for hydroxylation is 1. The fourth-order valence-corrected chi connectivity index (χ4v) is 3.03. The average Bonchev–Trinajstić information content (AvgIpc) is 3.37. The number of hydrogen-bond donors (Lipinski definition) is 3. The molecule has 30 heavy (non-hydrogen) atoms. The highest BCUT2D eigenvalue weighted by Crippen LogP contribution is 2.20. The number of fused-ring (bicyclic) bond motifs is 1. The third kappa shape index (κ3) is 4.13. The third-order valence-electron chi connectivity index (χ3n) is 4.62. The lowest BCUT2D eigenvalue weighted by Gasteiger charge is -2.05. The molecule has 10 nitrogen and oxygen atoms in total. The highest BCUT2D eigenvalue weighted by atomic mass is 16.5. The first-order valence-electron chi connectivity index (χ1n) is 9.45. The van der Waals surface area contributed by atoms with Crippen LogP contribution in [0.1, 0.15) is 16.2 Å². The molecule has 0 aliphatic heterocycles. The number of pyridine rings is 1. The maximum Gasteiger partial charge on any atom is 0.251 e. The molecule has 0 atom stereocenters. The summed E-state index contributed by atoms with van der Waals surface area (Å²) in [5.74, 6) is 1.65. The van der Waals surface area contributed by atoms with Crippen molar-refractivity contribution < 1.29 is 9.53 Å². The molecule has 4 rings (SSSR count). The molecule has 0 aliphatic rings. The molecule has 3 N–H and O–H groups in total. The quantitative estimate of drug-likeness (QED) is 0.381. The van der Waals surface area contributed by atoms with Crippen LogP contribution in [0, 0.1) is 0 Å². The summed E-state index contributed by atoms with van der Waals surface area (Å²) in [6.07, 6.45) is 3.36. The number of nitrogens with zero attached hydrogens (tertiary/aromatic N) is 5. The molecule has 0 saturated heterocycles. The second kappa shape index (κ2) is 8.70. The van der Waals surface area contributed by atoms with E-state index in [0.29, 0.717) is 30.4 Å². The van der Waals surface area contributed by atoms with Crippen LogP contribution in [0.2, 0.25) is 0 Å². The minimum atomic E-state index is -0.210. The van der Waals surface area contributed by atoms with Crippen molar-refractivity contribution in [1.29, 1.82) is 0 Å². The van der Waals surface area contributed by atoms with Crippen molar-refractivity contribution in [2.75, 3.05) is 25.6 Å². The van der Waals surface area contributed by atoms with Gasteiger partial charge in [-0.25, -0.2) is 9.97 Å². The first-order chi connectivity index (χ1) is 14.7. The monoisotopic (exact) mass is 406 g/mol. The van der Waals surface area contributed by atoms with Gasteiger partial charge in [-0.1, -0.05) is 0 Å². The first-order valence-corrected chi connectivity index (χ1v) is 9.45. The summed E-state index contributed by atoms with van der Waals surface area (Å²) in [7, 11) is 3.58. The number of aromatic nitrogens is 6. The van der Waals surface area contributed by atoms with Gasteiger partial charge >= 0.3 is 0 Å². The summed E-state index contributed by atoms with van der Waals surface area (Å²) in [6.45, 7) is 1.47. The SMILES string of the molecule is COCCNc1nc2cc(C(=O)NCc3nc(-c4ccncc4)n[nH]3)ccc2n1C. The molecular formula is C20H22N8O2. The molecule has 154 valence electrons. The standard InChI is InChI=1S/C20H22N8O2/c1-28-16-4-3-14(11-15(16)24-20(28)22-9-10-30-2)19(29)23-12-17-25-18(27-26-17)13-5-7-21-8-6-13/h3-8,11H,9-10,12H2,1-2H3,(H,22,24)(H,23,29)(H,25,26,27). The van der Waals surface area contributed by atoms with E-state index >= 15 is 0 Å². The van der Waals surface area contributed by atoms with Gasteiger partial charge in [0.15, 0.2) is 5.82 Å². The van der Waals surface area contributed by atoms with E-state index in [1.54, 1.807) is 31.6 Å². The molecule has 0 saturated carbocycles. The van der Waals surface area contributed by atoms with E-state index < -0.39 is 0 Å². The van der Waals surface area contributed by atoms with Gasteiger partial charge in [0.2, 0.25) is 5.95 Å². The van der Waals surface area contributed by atoms with Crippen LogP contribution in [0.4, 0.5) is 5.95 Å². The summed E-state index contributed by atoms with van der Waals surface area (Å²) in [5, 5.41) is 13.1. The maximum absolute atomic E-state index is 12.6. The smallest absolute Gasteiger partial charge is 0.251 e. The Hall–Kier alpha value is -3.79. The Morgan fingerprint density at radius 2 is 2.03 bits per heavy atom. The Morgan fingerprint density at radius 1 is 1.20 bits per heavy atom. The molecule has 3 aromatic heterocycles. The van der Waals surface area contributed by atoms with Gasteiger partial charge in [-0.3, -0.25) is 14.9 Å². The largest absolute Gasteiger partial charge is 0.383 e. The minimum Gasteiger partial charge on any atom is -0.383 e. The first kappa shape index (κ1) is 19.5. The number of carbonyl (C=O) groups is 1. The molecule has 0 unspecified atom stereocenters. The Morgan fingerprint density at radius 3 is 2.83 bits per heavy atom. The van der Waals surface area contributed by atoms with Crippen LogP contribution in [-0.4, -0.2) is 55.9 Å². The van der Waals surface area contributed by atoms with E-state index in [1.165, 1.54) is 0 Å². The summed E-state index contributed by atoms with van der Waals surface area (Å²) in [6, 6.07) is 9.09. The summed E-state index contributed by atoms with van der Waals surface area (Å²) in [5.41, 5.74) is 3.06. The highest BCUT2D eigenvalue weighted by molar-refractivity contribution is 5.97. The molecule has 0 aliphatic carbocycles. The number of imidazole rings is 1. The van der Waals surface area contributed by atoms with Crippen molar-refractivity contribution in [3.05, 3.63) is 54.1 Å². The van der Waals surface area contributed by atoms with Crippen LogP contribution in [0.15, 0.2) is 42.7 Å². The number of anilines is 1. The third-order valence-corrected chi connectivity index (χ3v) is 4.62. The summed E-state index contributed by atoms with van der Waals surface area (Å²) in [4.78, 5) is 25.5. The van der Waals surface area contributed by atoms with Gasteiger partial charge in [0.25, 0.3) is 5.91 Å². The molecule has 4 aromatic rings. The van der Waals surface area contributed by atoms with Crippen LogP contribution in [0.25, 0.3) is 22.4 Å². The van der Waals surface area contributed by atoms with Crippen LogP contribution in [0.3, 0.4) is 0 Å². The van der Waals surface area contributed by atoms with E-state index in [4.69, 9.17) is 4.74 Å². The molecule has 1 aromatic carbocycles. The lowest BCUT2D eigenvalue weighted by Crippen LogP contribution is -2.23. The number of ether oxygens (including phenoxy) is 1. The number of nitrogens with one attached hydrogen (secondary N) is 3. The lowest BCUT2D eigenvalue weighted by molar-refractivity contribution is 0.0950. The number of rotatable bonds is 8. The Balaban J connectivity index is 1.42. The number of carbonyl (C=O) groups excluding carboxylic acids is 1. The number of aromatic amines is 1.